The molecule has 0 fully saturated rings. The predicted molar refractivity (Wildman–Crippen MR) is 75.3 cm³/mol. The molecule has 1 rings (SSSR count). The van der Waals surface area contributed by atoms with E-state index in [2.05, 4.69) is 5.32 Å². The fourth-order valence-electron chi connectivity index (χ4n) is 1.45. The zero-order valence-corrected chi connectivity index (χ0v) is 12.3. The summed E-state index contributed by atoms with van der Waals surface area (Å²) in [5.41, 5.74) is 1.65. The van der Waals surface area contributed by atoms with Gasteiger partial charge in [0.15, 0.2) is 6.61 Å². The number of nitrogens with one attached hydrogen (secondary N) is 1. The molecule has 1 unspecified atom stereocenters. The van der Waals surface area contributed by atoms with Crippen LogP contribution in [0.5, 0.6) is 5.75 Å². The van der Waals surface area contributed by atoms with Gasteiger partial charge in [-0.05, 0) is 57.9 Å². The Balaban J connectivity index is 2.53. The largest absolute Gasteiger partial charge is 0.484 e. The second-order valence-corrected chi connectivity index (χ2v) is 5.48. The van der Waals surface area contributed by atoms with E-state index in [9.17, 15) is 9.90 Å². The Hall–Kier alpha value is -1.55. The van der Waals surface area contributed by atoms with Crippen LogP contribution in [-0.2, 0) is 4.79 Å². The van der Waals surface area contributed by atoms with Crippen LogP contribution >= 0.6 is 0 Å². The molecule has 19 heavy (non-hydrogen) atoms. The lowest BCUT2D eigenvalue weighted by Gasteiger charge is -2.29. The van der Waals surface area contributed by atoms with Gasteiger partial charge < -0.3 is 15.2 Å². The van der Waals surface area contributed by atoms with Crippen LogP contribution in [0.4, 0.5) is 0 Å². The molecule has 1 aromatic rings. The third kappa shape index (κ3) is 4.56. The number of rotatable bonds is 5. The maximum Gasteiger partial charge on any atom is 0.258 e. The van der Waals surface area contributed by atoms with Crippen molar-refractivity contribution in [3.05, 3.63) is 29.3 Å². The minimum absolute atomic E-state index is 0.0569. The highest BCUT2D eigenvalue weighted by Crippen LogP contribution is 2.16. The van der Waals surface area contributed by atoms with Crippen molar-refractivity contribution in [2.45, 2.75) is 46.3 Å². The van der Waals surface area contributed by atoms with Crippen molar-refractivity contribution in [1.29, 1.82) is 0 Å². The van der Waals surface area contributed by atoms with E-state index >= 15 is 0 Å². The average molecular weight is 265 g/mol. The predicted octanol–water partition coefficient (Wildman–Crippen LogP) is 1.96. The van der Waals surface area contributed by atoms with Gasteiger partial charge in [0.1, 0.15) is 5.75 Å². The van der Waals surface area contributed by atoms with Gasteiger partial charge in [-0.15, -0.1) is 0 Å². The molecule has 0 heterocycles. The third-order valence-corrected chi connectivity index (χ3v) is 3.35. The van der Waals surface area contributed by atoms with Crippen molar-refractivity contribution in [3.63, 3.8) is 0 Å². The van der Waals surface area contributed by atoms with Crippen LogP contribution in [0.2, 0.25) is 0 Å². The molecular weight excluding hydrogens is 242 g/mol. The smallest absolute Gasteiger partial charge is 0.258 e. The Labute approximate surface area is 114 Å². The Morgan fingerprint density at radius 2 is 2.00 bits per heavy atom. The molecule has 0 aromatic heterocycles. The summed E-state index contributed by atoms with van der Waals surface area (Å²) in [5, 5.41) is 12.3. The van der Waals surface area contributed by atoms with Crippen LogP contribution in [0.15, 0.2) is 18.2 Å². The number of ether oxygens (including phenoxy) is 1. The third-order valence-electron chi connectivity index (χ3n) is 3.35. The van der Waals surface area contributed by atoms with Crippen molar-refractivity contribution >= 4 is 5.91 Å². The first-order valence-corrected chi connectivity index (χ1v) is 6.41. The SMILES string of the molecule is Cc1ccc(OCC(=O)NC(C)(C)C(C)O)cc1C. The van der Waals surface area contributed by atoms with Gasteiger partial charge in [-0.25, -0.2) is 0 Å². The molecule has 0 aliphatic carbocycles. The van der Waals surface area contributed by atoms with E-state index < -0.39 is 11.6 Å². The standard InChI is InChI=1S/C15H23NO3/c1-10-6-7-13(8-11(10)2)19-9-14(18)16-15(4,5)12(3)17/h6-8,12,17H,9H2,1-5H3,(H,16,18). The number of amides is 1. The van der Waals surface area contributed by atoms with Crippen LogP contribution in [0.25, 0.3) is 0 Å². The van der Waals surface area contributed by atoms with Crippen molar-refractivity contribution in [3.8, 4) is 5.75 Å². The molecule has 0 aliphatic rings. The van der Waals surface area contributed by atoms with Gasteiger partial charge in [0.25, 0.3) is 5.91 Å². The number of hydrogen-bond donors (Lipinski definition) is 2. The molecule has 4 nitrogen and oxygen atoms in total. The van der Waals surface area contributed by atoms with Gasteiger partial charge in [-0.1, -0.05) is 6.07 Å². The summed E-state index contributed by atoms with van der Waals surface area (Å²) in [5.74, 6) is 0.428. The monoisotopic (exact) mass is 265 g/mol. The zero-order valence-electron chi connectivity index (χ0n) is 12.3. The molecule has 4 heteroatoms. The molecule has 1 aromatic carbocycles. The topological polar surface area (TPSA) is 58.6 Å². The van der Waals surface area contributed by atoms with Crippen molar-refractivity contribution < 1.29 is 14.6 Å². The fourth-order valence-corrected chi connectivity index (χ4v) is 1.45. The second-order valence-electron chi connectivity index (χ2n) is 5.48. The summed E-state index contributed by atoms with van der Waals surface area (Å²) in [7, 11) is 0. The highest BCUT2D eigenvalue weighted by Gasteiger charge is 2.25. The molecule has 1 amide bonds. The van der Waals surface area contributed by atoms with E-state index in [0.29, 0.717) is 5.75 Å². The lowest BCUT2D eigenvalue weighted by atomic mass is 9.99. The first-order chi connectivity index (χ1) is 8.72. The molecule has 0 aliphatic heterocycles. The van der Waals surface area contributed by atoms with Gasteiger partial charge >= 0.3 is 0 Å². The van der Waals surface area contributed by atoms with E-state index in [1.807, 2.05) is 32.0 Å². The molecule has 0 saturated heterocycles. The van der Waals surface area contributed by atoms with E-state index in [1.165, 1.54) is 5.56 Å². The molecular formula is C15H23NO3. The van der Waals surface area contributed by atoms with Crippen LogP contribution in [-0.4, -0.2) is 29.3 Å². The quantitative estimate of drug-likeness (QED) is 0.855. The molecule has 0 radical (unpaired) electrons. The van der Waals surface area contributed by atoms with Crippen LogP contribution < -0.4 is 10.1 Å². The number of benzene rings is 1. The average Bonchev–Trinajstić information content (AvgIpc) is 2.30. The Bertz CT molecular complexity index is 453. The molecule has 106 valence electrons. The zero-order chi connectivity index (χ0) is 14.6. The lowest BCUT2D eigenvalue weighted by Crippen LogP contribution is -2.52. The van der Waals surface area contributed by atoms with Crippen LogP contribution in [0, 0.1) is 13.8 Å². The maximum atomic E-state index is 11.7. The van der Waals surface area contributed by atoms with Crippen LogP contribution in [0.1, 0.15) is 31.9 Å². The van der Waals surface area contributed by atoms with E-state index in [1.54, 1.807) is 20.8 Å². The number of aryl methyl sites for hydroxylation is 2. The number of carbonyl (C=O) groups is 1. The lowest BCUT2D eigenvalue weighted by molar-refractivity contribution is -0.126. The van der Waals surface area contributed by atoms with E-state index in [0.717, 1.165) is 5.56 Å². The summed E-state index contributed by atoms with van der Waals surface area (Å²) in [4.78, 5) is 11.7. The van der Waals surface area contributed by atoms with E-state index in [4.69, 9.17) is 4.74 Å². The molecule has 1 atom stereocenters. The minimum Gasteiger partial charge on any atom is -0.484 e. The van der Waals surface area contributed by atoms with Gasteiger partial charge in [0.05, 0.1) is 11.6 Å². The van der Waals surface area contributed by atoms with Gasteiger partial charge in [0, 0.05) is 0 Å². The first kappa shape index (κ1) is 15.5. The Kier molecular flexibility index (Phi) is 4.95. The van der Waals surface area contributed by atoms with Gasteiger partial charge in [0.2, 0.25) is 0 Å². The van der Waals surface area contributed by atoms with Gasteiger partial charge in [-0.2, -0.15) is 0 Å². The summed E-state index contributed by atoms with van der Waals surface area (Å²) in [6.07, 6.45) is -0.627. The van der Waals surface area contributed by atoms with Crippen molar-refractivity contribution in [2.24, 2.45) is 0 Å². The maximum absolute atomic E-state index is 11.7. The number of aliphatic hydroxyl groups is 1. The molecule has 0 bridgehead atoms. The highest BCUT2D eigenvalue weighted by atomic mass is 16.5. The molecule has 0 saturated carbocycles. The fraction of sp³-hybridized carbons (Fsp3) is 0.533. The summed E-state index contributed by atoms with van der Waals surface area (Å²) >= 11 is 0. The highest BCUT2D eigenvalue weighted by molar-refractivity contribution is 5.78. The summed E-state index contributed by atoms with van der Waals surface area (Å²) in [6, 6.07) is 5.71. The number of carbonyl (C=O) groups excluding carboxylic acids is 1. The summed E-state index contributed by atoms with van der Waals surface area (Å²) in [6.45, 7) is 9.15. The normalized spacial score (nSPS) is 12.9. The molecule has 2 N–H and O–H groups in total. The Morgan fingerprint density at radius 3 is 2.53 bits per heavy atom. The van der Waals surface area contributed by atoms with Crippen LogP contribution in [0.3, 0.4) is 0 Å². The van der Waals surface area contributed by atoms with E-state index in [-0.39, 0.29) is 12.5 Å². The number of aliphatic hydroxyl groups excluding tert-OH is 1. The minimum atomic E-state index is -0.663. The van der Waals surface area contributed by atoms with Gasteiger partial charge in [-0.3, -0.25) is 4.79 Å². The summed E-state index contributed by atoms with van der Waals surface area (Å²) < 4.78 is 5.44. The number of hydrogen-bond acceptors (Lipinski definition) is 3. The Morgan fingerprint density at radius 1 is 1.37 bits per heavy atom. The molecule has 0 spiro atoms. The van der Waals surface area contributed by atoms with Crippen molar-refractivity contribution in [1.82, 2.24) is 5.32 Å². The first-order valence-electron chi connectivity index (χ1n) is 6.41. The second kappa shape index (κ2) is 6.06. The van der Waals surface area contributed by atoms with Crippen molar-refractivity contribution in [2.75, 3.05) is 6.61 Å².